The molecule has 0 atom stereocenters. The molecule has 4 aromatic carbocycles. The molecule has 386 valence electrons. The van der Waals surface area contributed by atoms with Gasteiger partial charge in [0.1, 0.15) is 83.4 Å². The molecular weight excluding hydrogens is 1010 g/mol. The Morgan fingerprint density at radius 1 is 0.519 bits per heavy atom. The van der Waals surface area contributed by atoms with Crippen LogP contribution >= 0.6 is 22.7 Å². The molecule has 0 saturated carbocycles. The smallest absolute Gasteiger partial charge is 0.164 e. The van der Waals surface area contributed by atoms with Gasteiger partial charge in [0, 0.05) is 99.4 Å². The van der Waals surface area contributed by atoms with Gasteiger partial charge in [0.15, 0.2) is 11.3 Å². The average Bonchev–Trinajstić information content (AvgIpc) is 4.34. The summed E-state index contributed by atoms with van der Waals surface area (Å²) in [5, 5.41) is 11.5. The van der Waals surface area contributed by atoms with E-state index in [0.717, 1.165) is 88.0 Å². The summed E-state index contributed by atoms with van der Waals surface area (Å²) < 4.78 is 28.9. The van der Waals surface area contributed by atoms with Crippen molar-refractivity contribution < 1.29 is 18.9 Å². The number of fused-ring (bicyclic) bond motifs is 2. The Morgan fingerprint density at radius 3 is 1.69 bits per heavy atom. The van der Waals surface area contributed by atoms with Gasteiger partial charge in [0.05, 0.1) is 38.1 Å². The zero-order chi connectivity index (χ0) is 51.9. The number of ether oxygens (including phenoxy) is 4. The van der Waals surface area contributed by atoms with Gasteiger partial charge < -0.3 is 30.4 Å². The Morgan fingerprint density at radius 2 is 1.08 bits per heavy atom. The lowest BCUT2D eigenvalue weighted by Crippen LogP contribution is -2.46. The van der Waals surface area contributed by atoms with Gasteiger partial charge in [-0.05, 0) is 90.8 Å². The van der Waals surface area contributed by atoms with Crippen molar-refractivity contribution in [2.75, 3.05) is 44.2 Å². The number of benzene rings is 4. The number of piperazine rings is 1. The fourth-order valence-corrected chi connectivity index (χ4v) is 10.3. The van der Waals surface area contributed by atoms with E-state index in [2.05, 4.69) is 50.8 Å². The van der Waals surface area contributed by atoms with Crippen LogP contribution in [0.15, 0.2) is 152 Å². The predicted molar refractivity (Wildman–Crippen MR) is 296 cm³/mol. The van der Waals surface area contributed by atoms with Crippen molar-refractivity contribution in [3.63, 3.8) is 0 Å². The van der Waals surface area contributed by atoms with Gasteiger partial charge in [-0.1, -0.05) is 12.1 Å². The van der Waals surface area contributed by atoms with Gasteiger partial charge in [0.2, 0.25) is 0 Å². The van der Waals surface area contributed by atoms with E-state index < -0.39 is 0 Å². The molecule has 0 bridgehead atoms. The Balaban J connectivity index is 0.698. The molecule has 1 aliphatic rings. The molecule has 19 nitrogen and oxygen atoms in total. The third-order valence-electron chi connectivity index (χ3n) is 13.3. The average molecular weight is 1060 g/mol. The minimum atomic E-state index is 0.377. The summed E-state index contributed by atoms with van der Waals surface area (Å²) >= 11 is 3.11. The molecule has 1 fully saturated rings. The van der Waals surface area contributed by atoms with Crippen LogP contribution in [-0.4, -0.2) is 97.0 Å². The van der Waals surface area contributed by atoms with Crippen molar-refractivity contribution in [1.82, 2.24) is 64.2 Å². The molecule has 21 heteroatoms. The summed E-state index contributed by atoms with van der Waals surface area (Å²) in [6.07, 6.45) is 11.0. The normalized spacial score (nSPS) is 13.1. The van der Waals surface area contributed by atoms with Gasteiger partial charge in [-0.3, -0.25) is 24.8 Å². The third-order valence-corrected chi connectivity index (χ3v) is 14.8. The van der Waals surface area contributed by atoms with Crippen molar-refractivity contribution >= 4 is 56.4 Å². The summed E-state index contributed by atoms with van der Waals surface area (Å²) in [5.41, 5.74) is 23.3. The molecule has 0 unspecified atom stereocenters. The number of aromatic nitrogens is 11. The Kier molecular flexibility index (Phi) is 14.3. The molecule has 8 heterocycles. The molecule has 0 amide bonds. The molecule has 1 aliphatic heterocycles. The second kappa shape index (κ2) is 22.5. The van der Waals surface area contributed by atoms with Crippen LogP contribution in [0.3, 0.4) is 0 Å². The van der Waals surface area contributed by atoms with Crippen LogP contribution in [0.5, 0.6) is 34.5 Å². The number of thiazole rings is 2. The zero-order valence-corrected chi connectivity index (χ0v) is 43.3. The van der Waals surface area contributed by atoms with Gasteiger partial charge >= 0.3 is 0 Å². The quantitative estimate of drug-likeness (QED) is 0.0725. The summed E-state index contributed by atoms with van der Waals surface area (Å²) in [6, 6.07) is 33.4. The van der Waals surface area contributed by atoms with Crippen LogP contribution in [0.4, 0.5) is 11.6 Å². The molecule has 11 aromatic rings. The molecule has 7 aromatic heterocycles. The zero-order valence-electron chi connectivity index (χ0n) is 41.6. The standard InChI is InChI=1S/C56H51N15O4S2/c57-53-49-51(66-70(55(49)64-33-62-53)19-16-37-14-17-59-18-15-37)39-6-11-42(12-7-39)75-48-27-44(73-32-47-29-61-36-77-47)13-8-40(48)30-69-22-20-68(21-23-69)24-25-71-56-50(54(58)63-34-65-56)52(67-71)38-4-9-41(10-5-38)74-45-3-1-2-43(26-45)72-31-46-28-60-35-76-46/h1-15,17-18,26-29,33-36H,16,19-25,30-32H2,(H2,57,62,64)(H2,58,63,65). The number of rotatable bonds is 20. The lowest BCUT2D eigenvalue weighted by atomic mass is 10.1. The molecular formula is C56H51N15O4S2. The molecule has 0 spiro atoms. The maximum atomic E-state index is 6.71. The van der Waals surface area contributed by atoms with Crippen molar-refractivity contribution in [3.05, 3.63) is 172 Å². The summed E-state index contributed by atoms with van der Waals surface area (Å²) in [5.74, 6) is 4.91. The first-order valence-electron chi connectivity index (χ1n) is 25.0. The number of nitrogen functional groups attached to an aromatic ring is 2. The largest absolute Gasteiger partial charge is 0.488 e. The van der Waals surface area contributed by atoms with Crippen LogP contribution < -0.4 is 30.4 Å². The maximum absolute atomic E-state index is 6.71. The topological polar surface area (TPSA) is 221 Å². The van der Waals surface area contributed by atoms with E-state index >= 15 is 0 Å². The fourth-order valence-electron chi connectivity index (χ4n) is 9.25. The van der Waals surface area contributed by atoms with E-state index in [-0.39, 0.29) is 0 Å². The highest BCUT2D eigenvalue weighted by Crippen LogP contribution is 2.36. The molecule has 77 heavy (non-hydrogen) atoms. The minimum Gasteiger partial charge on any atom is -0.488 e. The minimum absolute atomic E-state index is 0.377. The SMILES string of the molecule is Nc1ncnc2c1c(-c1ccc(Oc3cc(OCc4cncs4)ccc3CN3CCN(CCn4nc(-c5ccc(Oc6cccc(OCc7cncs7)c6)cc5)c5c(N)ncnc54)CC3)cc1)nn2CCc1ccncc1. The Bertz CT molecular complexity index is 3740. The predicted octanol–water partition coefficient (Wildman–Crippen LogP) is 9.58. The molecule has 0 radical (unpaired) electrons. The highest BCUT2D eigenvalue weighted by Gasteiger charge is 2.23. The highest BCUT2D eigenvalue weighted by molar-refractivity contribution is 7.09. The van der Waals surface area contributed by atoms with Crippen LogP contribution in [0.2, 0.25) is 0 Å². The van der Waals surface area contributed by atoms with E-state index in [1.54, 1.807) is 46.1 Å². The second-order valence-electron chi connectivity index (χ2n) is 18.3. The molecule has 1 saturated heterocycles. The maximum Gasteiger partial charge on any atom is 0.164 e. The monoisotopic (exact) mass is 1060 g/mol. The third kappa shape index (κ3) is 11.4. The van der Waals surface area contributed by atoms with E-state index in [9.17, 15) is 0 Å². The lowest BCUT2D eigenvalue weighted by molar-refractivity contribution is 0.123. The van der Waals surface area contributed by atoms with Crippen molar-refractivity contribution in [2.24, 2.45) is 0 Å². The van der Waals surface area contributed by atoms with Gasteiger partial charge in [-0.2, -0.15) is 10.2 Å². The first kappa shape index (κ1) is 49.0. The highest BCUT2D eigenvalue weighted by atomic mass is 32.1. The van der Waals surface area contributed by atoms with E-state index in [0.29, 0.717) is 95.6 Å². The van der Waals surface area contributed by atoms with Crippen LogP contribution in [0.25, 0.3) is 44.6 Å². The summed E-state index contributed by atoms with van der Waals surface area (Å²) in [6.45, 7) is 7.07. The van der Waals surface area contributed by atoms with E-state index in [1.807, 2.05) is 119 Å². The first-order valence-corrected chi connectivity index (χ1v) is 26.8. The van der Waals surface area contributed by atoms with E-state index in [4.69, 9.17) is 40.6 Å². The van der Waals surface area contributed by atoms with Crippen molar-refractivity contribution in [3.8, 4) is 57.0 Å². The van der Waals surface area contributed by atoms with Crippen molar-refractivity contribution in [1.29, 1.82) is 0 Å². The number of nitrogens with zero attached hydrogens (tertiary/aromatic N) is 13. The van der Waals surface area contributed by atoms with Crippen LogP contribution in [-0.2, 0) is 39.3 Å². The van der Waals surface area contributed by atoms with Gasteiger partial charge in [-0.25, -0.2) is 29.3 Å². The van der Waals surface area contributed by atoms with Gasteiger partial charge in [-0.15, -0.1) is 22.7 Å². The summed E-state index contributed by atoms with van der Waals surface area (Å²) in [7, 11) is 0. The van der Waals surface area contributed by atoms with Crippen molar-refractivity contribution in [2.45, 2.75) is 39.3 Å². The van der Waals surface area contributed by atoms with Crippen LogP contribution in [0, 0.1) is 0 Å². The first-order chi connectivity index (χ1) is 37.9. The van der Waals surface area contributed by atoms with E-state index in [1.165, 1.54) is 12.7 Å². The number of hydrogen-bond acceptors (Lipinski definition) is 19. The fraction of sp³-hybridized carbons (Fsp3) is 0.196. The summed E-state index contributed by atoms with van der Waals surface area (Å²) in [4.78, 5) is 37.3. The number of hydrogen-bond donors (Lipinski definition) is 2. The molecule has 0 aliphatic carbocycles. The molecule has 12 rings (SSSR count). The molecule has 4 N–H and O–H groups in total. The number of nitrogens with two attached hydrogens (primary N) is 2. The van der Waals surface area contributed by atoms with Crippen LogP contribution in [0.1, 0.15) is 20.9 Å². The van der Waals surface area contributed by atoms with Gasteiger partial charge in [0.25, 0.3) is 0 Å². The number of aryl methyl sites for hydroxylation is 2. The second-order valence-corrected chi connectivity index (χ2v) is 20.2. The lowest BCUT2D eigenvalue weighted by Gasteiger charge is -2.35. The Labute approximate surface area is 450 Å². The number of anilines is 2. The Hall–Kier alpha value is -8.89. The number of pyridine rings is 1.